The van der Waals surface area contributed by atoms with Crippen molar-refractivity contribution in [3.05, 3.63) is 59.0 Å². The third-order valence-corrected chi connectivity index (χ3v) is 5.54. The van der Waals surface area contributed by atoms with Gasteiger partial charge in [-0.1, -0.05) is 24.3 Å². The Kier molecular flexibility index (Phi) is 5.02. The van der Waals surface area contributed by atoms with Crippen LogP contribution in [0.4, 0.5) is 5.82 Å². The van der Waals surface area contributed by atoms with Crippen molar-refractivity contribution in [3.8, 4) is 0 Å². The second kappa shape index (κ2) is 7.63. The van der Waals surface area contributed by atoms with Crippen molar-refractivity contribution >= 4 is 23.0 Å². The second-order valence-electron chi connectivity index (χ2n) is 7.61. The Labute approximate surface area is 168 Å². The minimum Gasteiger partial charge on any atom is -0.382 e. The van der Waals surface area contributed by atoms with Crippen LogP contribution < -0.4 is 11.5 Å². The summed E-state index contributed by atoms with van der Waals surface area (Å²) < 4.78 is 1.55. The molecule has 8 nitrogen and oxygen atoms in total. The molecular weight excluding hydrogens is 368 g/mol. The fraction of sp³-hybridized carbons (Fsp3) is 0.333. The van der Waals surface area contributed by atoms with E-state index in [4.69, 9.17) is 11.5 Å². The van der Waals surface area contributed by atoms with Crippen LogP contribution in [0.3, 0.4) is 0 Å². The lowest BCUT2D eigenvalue weighted by Gasteiger charge is -2.32. The number of anilines is 1. The van der Waals surface area contributed by atoms with E-state index >= 15 is 0 Å². The molecule has 1 aliphatic rings. The van der Waals surface area contributed by atoms with E-state index in [1.807, 2.05) is 31.2 Å². The average molecular weight is 392 g/mol. The smallest absolute Gasteiger partial charge is 0.231 e. The van der Waals surface area contributed by atoms with Crippen molar-refractivity contribution in [1.29, 1.82) is 0 Å². The molecule has 1 aromatic carbocycles. The Morgan fingerprint density at radius 3 is 2.72 bits per heavy atom. The van der Waals surface area contributed by atoms with E-state index in [2.05, 4.69) is 15.0 Å². The number of fused-ring (bicyclic) bond motifs is 1. The number of aromatic nitrogens is 3. The van der Waals surface area contributed by atoms with Gasteiger partial charge in [-0.15, -0.1) is 0 Å². The van der Waals surface area contributed by atoms with Crippen LogP contribution in [0.1, 0.15) is 45.9 Å². The number of hydrogen-bond donors (Lipinski definition) is 2. The lowest BCUT2D eigenvalue weighted by molar-refractivity contribution is -0.119. The molecule has 0 saturated carbocycles. The summed E-state index contributed by atoms with van der Waals surface area (Å²) in [7, 11) is 0. The van der Waals surface area contributed by atoms with Crippen molar-refractivity contribution in [1.82, 2.24) is 19.5 Å². The van der Waals surface area contributed by atoms with E-state index in [0.717, 1.165) is 31.5 Å². The number of nitrogens with two attached hydrogens (primary N) is 2. The highest BCUT2D eigenvalue weighted by molar-refractivity contribution is 6.09. The van der Waals surface area contributed by atoms with Gasteiger partial charge >= 0.3 is 0 Å². The van der Waals surface area contributed by atoms with E-state index in [0.29, 0.717) is 35.1 Å². The minimum atomic E-state index is -0.300. The maximum Gasteiger partial charge on any atom is 0.231 e. The van der Waals surface area contributed by atoms with Crippen LogP contribution in [0, 0.1) is 6.92 Å². The van der Waals surface area contributed by atoms with Crippen molar-refractivity contribution < 1.29 is 9.59 Å². The summed E-state index contributed by atoms with van der Waals surface area (Å²) >= 11 is 0. The lowest BCUT2D eigenvalue weighted by atomic mass is 9.89. The Balaban J connectivity index is 1.56. The van der Waals surface area contributed by atoms with Gasteiger partial charge in [0.05, 0.1) is 6.54 Å². The summed E-state index contributed by atoms with van der Waals surface area (Å²) in [5.74, 6) is 0.267. The first-order valence-electron chi connectivity index (χ1n) is 9.68. The zero-order chi connectivity index (χ0) is 20.5. The van der Waals surface area contributed by atoms with E-state index in [-0.39, 0.29) is 11.7 Å². The molecule has 4 N–H and O–H groups in total. The van der Waals surface area contributed by atoms with Gasteiger partial charge in [-0.3, -0.25) is 14.5 Å². The second-order valence-corrected chi connectivity index (χ2v) is 7.61. The van der Waals surface area contributed by atoms with Gasteiger partial charge in [0.25, 0.3) is 0 Å². The highest BCUT2D eigenvalue weighted by Crippen LogP contribution is 2.28. The Bertz CT molecular complexity index is 1070. The number of hydrogen-bond acceptors (Lipinski definition) is 6. The number of piperidine rings is 1. The van der Waals surface area contributed by atoms with Gasteiger partial charge < -0.3 is 11.5 Å². The molecule has 0 bridgehead atoms. The van der Waals surface area contributed by atoms with Gasteiger partial charge in [0.2, 0.25) is 11.7 Å². The quantitative estimate of drug-likeness (QED) is 0.635. The predicted octanol–water partition coefficient (Wildman–Crippen LogP) is 1.52. The molecule has 1 aliphatic heterocycles. The topological polar surface area (TPSA) is 120 Å². The van der Waals surface area contributed by atoms with Crippen molar-refractivity contribution in [2.45, 2.75) is 25.7 Å². The number of nitrogens with zero attached hydrogens (tertiary/aromatic N) is 4. The molecule has 0 radical (unpaired) electrons. The molecule has 3 heterocycles. The monoisotopic (exact) mass is 392 g/mol. The van der Waals surface area contributed by atoms with Gasteiger partial charge in [0.1, 0.15) is 17.5 Å². The first-order valence-corrected chi connectivity index (χ1v) is 9.68. The first kappa shape index (κ1) is 19.1. The SMILES string of the molecule is Cc1cc(C(=O)c2ccc(C3CCCN(CC(N)=O)C3)cc2)n2ncnc(N)c12. The summed E-state index contributed by atoms with van der Waals surface area (Å²) in [4.78, 5) is 30.4. The van der Waals surface area contributed by atoms with Crippen LogP contribution in [0.2, 0.25) is 0 Å². The maximum absolute atomic E-state index is 13.1. The fourth-order valence-electron chi connectivity index (χ4n) is 4.16. The fourth-order valence-corrected chi connectivity index (χ4v) is 4.16. The number of nitrogen functional groups attached to an aromatic ring is 1. The zero-order valence-electron chi connectivity index (χ0n) is 16.3. The normalized spacial score (nSPS) is 17.5. The molecule has 4 rings (SSSR count). The number of amides is 1. The number of primary amides is 1. The van der Waals surface area contributed by atoms with Gasteiger partial charge in [-0.25, -0.2) is 9.50 Å². The molecule has 1 unspecified atom stereocenters. The van der Waals surface area contributed by atoms with Gasteiger partial charge in [-0.2, -0.15) is 5.10 Å². The number of rotatable bonds is 5. The number of benzene rings is 1. The van der Waals surface area contributed by atoms with Crippen LogP contribution >= 0.6 is 0 Å². The zero-order valence-corrected chi connectivity index (χ0v) is 16.3. The van der Waals surface area contributed by atoms with Crippen LogP contribution in [-0.4, -0.2) is 50.8 Å². The highest BCUT2D eigenvalue weighted by Gasteiger charge is 2.23. The van der Waals surface area contributed by atoms with E-state index < -0.39 is 0 Å². The summed E-state index contributed by atoms with van der Waals surface area (Å²) in [5, 5.41) is 4.19. The van der Waals surface area contributed by atoms with Crippen LogP contribution in [-0.2, 0) is 4.79 Å². The van der Waals surface area contributed by atoms with Crippen LogP contribution in [0.15, 0.2) is 36.7 Å². The molecule has 3 aromatic rings. The molecule has 1 fully saturated rings. The average Bonchev–Trinajstić information content (AvgIpc) is 3.05. The number of aryl methyl sites for hydroxylation is 1. The van der Waals surface area contributed by atoms with Crippen molar-refractivity contribution in [2.75, 3.05) is 25.4 Å². The Morgan fingerprint density at radius 2 is 2.00 bits per heavy atom. The van der Waals surface area contributed by atoms with Gasteiger partial charge in [0.15, 0.2) is 5.82 Å². The number of carbonyl (C=O) groups excluding carboxylic acids is 2. The van der Waals surface area contributed by atoms with Crippen LogP contribution in [0.5, 0.6) is 0 Å². The number of likely N-dealkylation sites (tertiary alicyclic amines) is 1. The molecule has 150 valence electrons. The molecular formula is C21H24N6O2. The minimum absolute atomic E-state index is 0.114. The molecule has 8 heteroatoms. The van der Waals surface area contributed by atoms with E-state index in [1.54, 1.807) is 10.6 Å². The predicted molar refractivity (Wildman–Crippen MR) is 110 cm³/mol. The van der Waals surface area contributed by atoms with E-state index in [9.17, 15) is 9.59 Å². The third kappa shape index (κ3) is 3.71. The van der Waals surface area contributed by atoms with Gasteiger partial charge in [0, 0.05) is 12.1 Å². The largest absolute Gasteiger partial charge is 0.382 e. The van der Waals surface area contributed by atoms with E-state index in [1.165, 1.54) is 11.9 Å². The summed E-state index contributed by atoms with van der Waals surface area (Å²) in [5.41, 5.74) is 15.0. The highest BCUT2D eigenvalue weighted by atomic mass is 16.1. The molecule has 29 heavy (non-hydrogen) atoms. The molecule has 1 amide bonds. The third-order valence-electron chi connectivity index (χ3n) is 5.54. The molecule has 1 atom stereocenters. The van der Waals surface area contributed by atoms with Crippen LogP contribution in [0.25, 0.3) is 5.52 Å². The maximum atomic E-state index is 13.1. The first-order chi connectivity index (χ1) is 13.9. The summed E-state index contributed by atoms with van der Waals surface area (Å²) in [6, 6.07) is 9.49. The van der Waals surface area contributed by atoms with Crippen molar-refractivity contribution in [3.63, 3.8) is 0 Å². The summed E-state index contributed by atoms with van der Waals surface area (Å²) in [6.45, 7) is 3.87. The Hall–Kier alpha value is -3.26. The standard InChI is InChI=1S/C21H24N6O2/c1-13-9-17(27-19(13)21(23)24-12-25-27)20(29)15-6-4-14(5-7-15)16-3-2-8-26(10-16)11-18(22)28/h4-7,9,12,16H,2-3,8,10-11H2,1H3,(H2,22,28)(H2,23,24,25). The molecule has 0 spiro atoms. The molecule has 0 aliphatic carbocycles. The molecule has 2 aromatic heterocycles. The lowest BCUT2D eigenvalue weighted by Crippen LogP contribution is -2.40. The number of carbonyl (C=O) groups is 2. The van der Waals surface area contributed by atoms with Crippen molar-refractivity contribution in [2.24, 2.45) is 5.73 Å². The van der Waals surface area contributed by atoms with Gasteiger partial charge in [-0.05, 0) is 49.4 Å². The summed E-state index contributed by atoms with van der Waals surface area (Å²) in [6.07, 6.45) is 3.43. The molecule has 1 saturated heterocycles. The number of ketones is 1. The Morgan fingerprint density at radius 1 is 1.24 bits per heavy atom.